The molecule has 0 bridgehead atoms. The van der Waals surface area contributed by atoms with Gasteiger partial charge >= 0.3 is 0 Å². The van der Waals surface area contributed by atoms with Crippen molar-refractivity contribution in [1.29, 1.82) is 0 Å². The van der Waals surface area contributed by atoms with E-state index in [4.69, 9.17) is 0 Å². The molecule has 158 valence electrons. The summed E-state index contributed by atoms with van der Waals surface area (Å²) in [6.07, 6.45) is 8.85. The molecule has 2 aromatic rings. The summed E-state index contributed by atoms with van der Waals surface area (Å²) < 4.78 is 1.14. The number of halogens is 2. The number of aromatic amines is 1. The summed E-state index contributed by atoms with van der Waals surface area (Å²) in [5.74, 6) is 2.52. The van der Waals surface area contributed by atoms with Gasteiger partial charge in [-0.2, -0.15) is 5.10 Å². The van der Waals surface area contributed by atoms with Crippen LogP contribution in [0.1, 0.15) is 55.8 Å². The van der Waals surface area contributed by atoms with E-state index in [-0.39, 0.29) is 29.4 Å². The molecule has 0 radical (unpaired) electrons. The molecule has 2 N–H and O–H groups in total. The number of nitrogens with zero attached hydrogens (tertiary/aromatic N) is 4. The zero-order chi connectivity index (χ0) is 19.4. The Bertz CT molecular complexity index is 778. The Balaban J connectivity index is 0.00000240. The summed E-state index contributed by atoms with van der Waals surface area (Å²) in [5.41, 5.74) is 1.66. The van der Waals surface area contributed by atoms with Gasteiger partial charge in [0.15, 0.2) is 5.96 Å². The normalized spacial score (nSPS) is 19.8. The smallest absolute Gasteiger partial charge is 0.193 e. The first-order valence-corrected chi connectivity index (χ1v) is 11.1. The Morgan fingerprint density at radius 1 is 1.24 bits per heavy atom. The van der Waals surface area contributed by atoms with Gasteiger partial charge in [0.1, 0.15) is 12.2 Å². The Kier molecular flexibility index (Phi) is 7.95. The lowest BCUT2D eigenvalue weighted by Crippen LogP contribution is -2.49. The Labute approximate surface area is 198 Å². The Morgan fingerprint density at radius 2 is 1.93 bits per heavy atom. The molecule has 2 heterocycles. The van der Waals surface area contributed by atoms with Gasteiger partial charge in [0.05, 0.1) is 0 Å². The topological polar surface area (TPSA) is 69.2 Å². The number of aromatic nitrogens is 3. The van der Waals surface area contributed by atoms with Crippen molar-refractivity contribution >= 4 is 45.9 Å². The van der Waals surface area contributed by atoms with Crippen molar-refractivity contribution in [2.45, 2.75) is 49.9 Å². The zero-order valence-corrected chi connectivity index (χ0v) is 20.8. The monoisotopic (exact) mass is 572 g/mol. The third-order valence-corrected chi connectivity index (χ3v) is 6.96. The third-order valence-electron chi connectivity index (χ3n) is 6.43. The summed E-state index contributed by atoms with van der Waals surface area (Å²) >= 11 is 3.56. The summed E-state index contributed by atoms with van der Waals surface area (Å²) in [4.78, 5) is 11.3. The van der Waals surface area contributed by atoms with E-state index >= 15 is 0 Å². The predicted octanol–water partition coefficient (Wildman–Crippen LogP) is 4.45. The van der Waals surface area contributed by atoms with Crippen LogP contribution in [0.15, 0.2) is 40.1 Å². The fourth-order valence-corrected chi connectivity index (χ4v) is 5.04. The summed E-state index contributed by atoms with van der Waals surface area (Å²) in [6.45, 7) is 2.94. The van der Waals surface area contributed by atoms with Crippen molar-refractivity contribution in [1.82, 2.24) is 25.4 Å². The van der Waals surface area contributed by atoms with Gasteiger partial charge in [0.2, 0.25) is 0 Å². The van der Waals surface area contributed by atoms with Crippen LogP contribution in [0.25, 0.3) is 0 Å². The second-order valence-corrected chi connectivity index (χ2v) is 8.94. The van der Waals surface area contributed by atoms with Crippen LogP contribution in [0.5, 0.6) is 0 Å². The highest BCUT2D eigenvalue weighted by molar-refractivity contribution is 14.0. The summed E-state index contributed by atoms with van der Waals surface area (Å²) in [5, 5.41) is 10.7. The molecule has 2 aliphatic rings. The lowest BCUT2D eigenvalue weighted by Gasteiger charge is -2.36. The number of likely N-dealkylation sites (tertiary alicyclic amines) is 1. The van der Waals surface area contributed by atoms with Crippen molar-refractivity contribution in [3.8, 4) is 0 Å². The number of H-pyrrole nitrogens is 1. The molecule has 0 amide bonds. The van der Waals surface area contributed by atoms with Gasteiger partial charge in [-0.1, -0.05) is 40.9 Å². The SMILES string of the molecule is CN=C(NCC1(c2ccc(Br)cc2)CCCC1)N1CCC(c2ncn[nH]2)CC1.I. The molecular weight excluding hydrogens is 543 g/mol. The molecule has 1 aromatic heterocycles. The highest BCUT2D eigenvalue weighted by atomic mass is 127. The standard InChI is InChI=1S/C21H29BrN6.HI/c1-23-20(28-12-8-16(9-13-28)19-25-15-26-27-19)24-14-21(10-2-3-11-21)17-4-6-18(22)7-5-17;/h4-7,15-16H,2-3,8-14H2,1H3,(H,23,24)(H,25,26,27);1H. The van der Waals surface area contributed by atoms with Crippen LogP contribution in [0.2, 0.25) is 0 Å². The van der Waals surface area contributed by atoms with Crippen LogP contribution in [-0.4, -0.2) is 52.7 Å². The minimum absolute atomic E-state index is 0. The number of hydrogen-bond donors (Lipinski definition) is 2. The maximum atomic E-state index is 4.59. The van der Waals surface area contributed by atoms with Crippen LogP contribution in [0.3, 0.4) is 0 Å². The molecule has 1 saturated carbocycles. The van der Waals surface area contributed by atoms with E-state index < -0.39 is 0 Å². The first-order valence-electron chi connectivity index (χ1n) is 10.3. The first-order chi connectivity index (χ1) is 13.7. The number of hydrogen-bond acceptors (Lipinski definition) is 3. The van der Waals surface area contributed by atoms with Crippen LogP contribution in [0.4, 0.5) is 0 Å². The molecule has 4 rings (SSSR count). The lowest BCUT2D eigenvalue weighted by molar-refractivity contribution is 0.295. The molecular formula is C21H30BrIN6. The number of rotatable bonds is 4. The van der Waals surface area contributed by atoms with Crippen LogP contribution >= 0.6 is 39.9 Å². The molecule has 6 nitrogen and oxygen atoms in total. The molecule has 2 fully saturated rings. The number of nitrogens with one attached hydrogen (secondary N) is 2. The van der Waals surface area contributed by atoms with Gasteiger partial charge in [0.25, 0.3) is 0 Å². The molecule has 8 heteroatoms. The highest BCUT2D eigenvalue weighted by Gasteiger charge is 2.36. The first kappa shape index (κ1) is 22.5. The molecule has 0 atom stereocenters. The predicted molar refractivity (Wildman–Crippen MR) is 131 cm³/mol. The van der Waals surface area contributed by atoms with E-state index in [0.717, 1.165) is 48.7 Å². The molecule has 1 aromatic carbocycles. The fourth-order valence-electron chi connectivity index (χ4n) is 4.78. The van der Waals surface area contributed by atoms with Crippen LogP contribution < -0.4 is 5.32 Å². The van der Waals surface area contributed by atoms with Crippen LogP contribution in [-0.2, 0) is 5.41 Å². The van der Waals surface area contributed by atoms with Crippen molar-refractivity contribution in [2.75, 3.05) is 26.7 Å². The molecule has 1 aliphatic heterocycles. The third kappa shape index (κ3) is 5.13. The fraction of sp³-hybridized carbons (Fsp3) is 0.571. The van der Waals surface area contributed by atoms with Gasteiger partial charge in [0, 0.05) is 42.5 Å². The summed E-state index contributed by atoms with van der Waals surface area (Å²) in [7, 11) is 1.89. The molecule has 29 heavy (non-hydrogen) atoms. The van der Waals surface area contributed by atoms with Gasteiger partial charge in [-0.3, -0.25) is 10.1 Å². The number of piperidine rings is 1. The Hall–Kier alpha value is -1.16. The molecule has 1 saturated heterocycles. The maximum absolute atomic E-state index is 4.59. The quantitative estimate of drug-likeness (QED) is 0.323. The zero-order valence-electron chi connectivity index (χ0n) is 16.9. The highest BCUT2D eigenvalue weighted by Crippen LogP contribution is 2.41. The van der Waals surface area contributed by atoms with Crippen molar-refractivity contribution in [3.63, 3.8) is 0 Å². The largest absolute Gasteiger partial charge is 0.355 e. The van der Waals surface area contributed by atoms with E-state index in [9.17, 15) is 0 Å². The minimum Gasteiger partial charge on any atom is -0.355 e. The van der Waals surface area contributed by atoms with Crippen molar-refractivity contribution in [2.24, 2.45) is 4.99 Å². The lowest BCUT2D eigenvalue weighted by atomic mass is 9.79. The van der Waals surface area contributed by atoms with Gasteiger partial charge < -0.3 is 10.2 Å². The molecule has 0 unspecified atom stereocenters. The van der Waals surface area contributed by atoms with Gasteiger partial charge in [-0.25, -0.2) is 4.98 Å². The van der Waals surface area contributed by atoms with E-state index in [1.54, 1.807) is 6.33 Å². The number of guanidine groups is 1. The summed E-state index contributed by atoms with van der Waals surface area (Å²) in [6, 6.07) is 8.89. The van der Waals surface area contributed by atoms with E-state index in [1.807, 2.05) is 7.05 Å². The molecule has 1 aliphatic carbocycles. The minimum atomic E-state index is 0. The van der Waals surface area contributed by atoms with Crippen LogP contribution in [0, 0.1) is 0 Å². The number of aliphatic imine (C=N–C) groups is 1. The van der Waals surface area contributed by atoms with E-state index in [2.05, 4.69) is 70.6 Å². The maximum Gasteiger partial charge on any atom is 0.193 e. The van der Waals surface area contributed by atoms with E-state index in [1.165, 1.54) is 31.2 Å². The van der Waals surface area contributed by atoms with Crippen molar-refractivity contribution < 1.29 is 0 Å². The van der Waals surface area contributed by atoms with E-state index in [0.29, 0.717) is 5.92 Å². The van der Waals surface area contributed by atoms with Gasteiger partial charge in [-0.05, 0) is 43.4 Å². The van der Waals surface area contributed by atoms with Crippen molar-refractivity contribution in [3.05, 3.63) is 46.5 Å². The molecule has 0 spiro atoms. The average molecular weight is 573 g/mol. The average Bonchev–Trinajstić information content (AvgIpc) is 3.42. The Morgan fingerprint density at radius 3 is 2.52 bits per heavy atom. The number of benzene rings is 1. The second-order valence-electron chi connectivity index (χ2n) is 8.03. The van der Waals surface area contributed by atoms with Gasteiger partial charge in [-0.15, -0.1) is 24.0 Å². The second kappa shape index (κ2) is 10.2.